The van der Waals surface area contributed by atoms with Crippen molar-refractivity contribution in [3.8, 4) is 0 Å². The minimum atomic E-state index is -0.918. The van der Waals surface area contributed by atoms with Crippen molar-refractivity contribution in [2.45, 2.75) is 5.16 Å². The highest BCUT2D eigenvalue weighted by molar-refractivity contribution is 7.99. The zero-order chi connectivity index (χ0) is 10.1. The van der Waals surface area contributed by atoms with Crippen LogP contribution in [0, 0.1) is 0 Å². The Bertz CT molecular complexity index is 475. The van der Waals surface area contributed by atoms with Crippen molar-refractivity contribution in [1.82, 2.24) is 24.5 Å². The van der Waals surface area contributed by atoms with Crippen molar-refractivity contribution in [2.24, 2.45) is 0 Å². The molecule has 0 aliphatic carbocycles. The lowest BCUT2D eigenvalue weighted by molar-refractivity contribution is -0.133. The minimum Gasteiger partial charge on any atom is -0.481 e. The zero-order valence-electron chi connectivity index (χ0n) is 6.86. The molecule has 9 heteroatoms. The lowest BCUT2D eigenvalue weighted by atomic mass is 10.8. The van der Waals surface area contributed by atoms with Gasteiger partial charge in [-0.05, 0) is 0 Å². The molecule has 0 fully saturated rings. The smallest absolute Gasteiger partial charge is 0.313 e. The molecule has 2 heterocycles. The van der Waals surface area contributed by atoms with Crippen molar-refractivity contribution in [2.75, 3.05) is 11.6 Å². The van der Waals surface area contributed by atoms with Gasteiger partial charge in [-0.15, -0.1) is 10.2 Å². The maximum Gasteiger partial charge on any atom is 0.313 e. The fourth-order valence-corrected chi connectivity index (χ4v) is 1.50. The first-order chi connectivity index (χ1) is 6.68. The van der Waals surface area contributed by atoms with Crippen LogP contribution in [0.4, 0.5) is 0 Å². The predicted molar refractivity (Wildman–Crippen MR) is 47.3 cm³/mol. The molecule has 0 bridgehead atoms. The van der Waals surface area contributed by atoms with Gasteiger partial charge >= 0.3 is 5.97 Å². The number of fused-ring (bicyclic) bond motifs is 1. The van der Waals surface area contributed by atoms with Crippen molar-refractivity contribution >= 4 is 23.5 Å². The molecular formula is C5H6N6O2S. The molecule has 2 aromatic heterocycles. The van der Waals surface area contributed by atoms with Gasteiger partial charge in [-0.25, -0.2) is 4.68 Å². The SMILES string of the molecule is Nn1cnn2c(SCC(=O)O)nnc12. The first kappa shape index (κ1) is 8.81. The topological polar surface area (TPSA) is 111 Å². The molecule has 0 saturated carbocycles. The highest BCUT2D eigenvalue weighted by Crippen LogP contribution is 2.14. The third kappa shape index (κ3) is 1.37. The molecular weight excluding hydrogens is 208 g/mol. The molecule has 2 aromatic rings. The third-order valence-corrected chi connectivity index (χ3v) is 2.35. The second-order valence-electron chi connectivity index (χ2n) is 2.42. The summed E-state index contributed by atoms with van der Waals surface area (Å²) in [5, 5.41) is 20.2. The third-order valence-electron chi connectivity index (χ3n) is 1.44. The summed E-state index contributed by atoms with van der Waals surface area (Å²) in [6.45, 7) is 0. The Morgan fingerprint density at radius 1 is 1.64 bits per heavy atom. The van der Waals surface area contributed by atoms with Crippen LogP contribution in [0.2, 0.25) is 0 Å². The Hall–Kier alpha value is -1.77. The summed E-state index contributed by atoms with van der Waals surface area (Å²) in [6.07, 6.45) is 1.37. The predicted octanol–water partition coefficient (Wildman–Crippen LogP) is -1.18. The molecule has 8 nitrogen and oxygen atoms in total. The van der Waals surface area contributed by atoms with E-state index in [2.05, 4.69) is 15.3 Å². The molecule has 2 rings (SSSR count). The number of carboxylic acids is 1. The fourth-order valence-electron chi connectivity index (χ4n) is 0.895. The quantitative estimate of drug-likeness (QED) is 0.488. The molecule has 0 radical (unpaired) electrons. The number of aliphatic carboxylic acids is 1. The van der Waals surface area contributed by atoms with E-state index in [1.54, 1.807) is 0 Å². The van der Waals surface area contributed by atoms with E-state index in [0.29, 0.717) is 10.9 Å². The molecule has 0 amide bonds. The van der Waals surface area contributed by atoms with Gasteiger partial charge in [0.1, 0.15) is 6.33 Å². The molecule has 0 spiro atoms. The number of nitrogens with two attached hydrogens (primary N) is 1. The molecule has 14 heavy (non-hydrogen) atoms. The van der Waals surface area contributed by atoms with E-state index in [-0.39, 0.29) is 5.75 Å². The number of carboxylic acid groups (broad SMARTS) is 1. The van der Waals surface area contributed by atoms with E-state index in [4.69, 9.17) is 10.9 Å². The van der Waals surface area contributed by atoms with Crippen LogP contribution in [0.5, 0.6) is 0 Å². The molecule has 0 aliphatic heterocycles. The van der Waals surface area contributed by atoms with Gasteiger partial charge in [0.25, 0.3) is 5.78 Å². The van der Waals surface area contributed by atoms with Crippen LogP contribution in [0.25, 0.3) is 5.78 Å². The second kappa shape index (κ2) is 3.18. The Morgan fingerprint density at radius 2 is 2.43 bits per heavy atom. The molecule has 3 N–H and O–H groups in total. The van der Waals surface area contributed by atoms with Gasteiger partial charge in [0.2, 0.25) is 5.16 Å². The van der Waals surface area contributed by atoms with Crippen molar-refractivity contribution in [3.05, 3.63) is 6.33 Å². The highest BCUT2D eigenvalue weighted by Gasteiger charge is 2.11. The first-order valence-electron chi connectivity index (χ1n) is 3.57. The molecule has 0 aliphatic rings. The Kier molecular flexibility index (Phi) is 2.00. The molecule has 0 aromatic carbocycles. The maximum absolute atomic E-state index is 10.3. The Balaban J connectivity index is 2.29. The first-order valence-corrected chi connectivity index (χ1v) is 4.55. The van der Waals surface area contributed by atoms with Gasteiger partial charge in [0.15, 0.2) is 0 Å². The van der Waals surface area contributed by atoms with Crippen molar-refractivity contribution < 1.29 is 9.90 Å². The van der Waals surface area contributed by atoms with E-state index in [1.165, 1.54) is 15.5 Å². The van der Waals surface area contributed by atoms with Crippen LogP contribution >= 0.6 is 11.8 Å². The number of nitrogen functional groups attached to an aromatic ring is 1. The number of hydrogen-bond donors (Lipinski definition) is 2. The summed E-state index contributed by atoms with van der Waals surface area (Å²) in [7, 11) is 0. The van der Waals surface area contributed by atoms with Crippen LogP contribution in [-0.2, 0) is 4.79 Å². The largest absolute Gasteiger partial charge is 0.481 e. The second-order valence-corrected chi connectivity index (χ2v) is 3.36. The van der Waals surface area contributed by atoms with Crippen LogP contribution in [0.15, 0.2) is 11.5 Å². The zero-order valence-corrected chi connectivity index (χ0v) is 7.68. The van der Waals surface area contributed by atoms with Crippen LogP contribution in [0.3, 0.4) is 0 Å². The summed E-state index contributed by atoms with van der Waals surface area (Å²) in [5.74, 6) is 4.82. The molecule has 0 atom stereocenters. The monoisotopic (exact) mass is 214 g/mol. The number of carbonyl (C=O) groups is 1. The molecule has 0 saturated heterocycles. The van der Waals surface area contributed by atoms with Gasteiger partial charge in [-0.1, -0.05) is 11.8 Å². The molecule has 74 valence electrons. The number of thioether (sulfide) groups is 1. The van der Waals surface area contributed by atoms with Crippen LogP contribution < -0.4 is 5.84 Å². The van der Waals surface area contributed by atoms with Gasteiger partial charge < -0.3 is 10.9 Å². The van der Waals surface area contributed by atoms with Crippen molar-refractivity contribution in [3.63, 3.8) is 0 Å². The summed E-state index contributed by atoms with van der Waals surface area (Å²) in [5.41, 5.74) is 0. The average molecular weight is 214 g/mol. The molecule has 0 unspecified atom stereocenters. The lowest BCUT2D eigenvalue weighted by Crippen LogP contribution is -2.06. The number of nitrogens with zero attached hydrogens (tertiary/aromatic N) is 5. The van der Waals surface area contributed by atoms with Crippen LogP contribution in [0.1, 0.15) is 0 Å². The van der Waals surface area contributed by atoms with E-state index in [0.717, 1.165) is 11.8 Å². The summed E-state index contributed by atoms with van der Waals surface area (Å²) < 4.78 is 2.59. The fraction of sp³-hybridized carbons (Fsp3) is 0.200. The van der Waals surface area contributed by atoms with Gasteiger partial charge in [0.05, 0.1) is 5.75 Å². The number of aromatic nitrogens is 5. The summed E-state index contributed by atoms with van der Waals surface area (Å²) in [4.78, 5) is 10.3. The standard InChI is InChI=1S/C5H6N6O2S/c6-10-2-7-11-4(10)8-9-5(11)14-1-3(12)13/h2H,1,6H2,(H,12,13). The summed E-state index contributed by atoms with van der Waals surface area (Å²) >= 11 is 1.04. The van der Waals surface area contributed by atoms with E-state index in [1.807, 2.05) is 0 Å². The van der Waals surface area contributed by atoms with Gasteiger partial charge in [-0.2, -0.15) is 9.61 Å². The van der Waals surface area contributed by atoms with E-state index >= 15 is 0 Å². The van der Waals surface area contributed by atoms with Crippen LogP contribution in [-0.4, -0.2) is 41.3 Å². The highest BCUT2D eigenvalue weighted by atomic mass is 32.2. The Morgan fingerprint density at radius 3 is 3.14 bits per heavy atom. The van der Waals surface area contributed by atoms with Crippen molar-refractivity contribution in [1.29, 1.82) is 0 Å². The average Bonchev–Trinajstić information content (AvgIpc) is 2.66. The Labute approximate surface area is 81.7 Å². The number of rotatable bonds is 3. The normalized spacial score (nSPS) is 10.9. The lowest BCUT2D eigenvalue weighted by Gasteiger charge is -1.90. The maximum atomic E-state index is 10.3. The number of hydrogen-bond acceptors (Lipinski definition) is 6. The van der Waals surface area contributed by atoms with Gasteiger partial charge in [0, 0.05) is 0 Å². The van der Waals surface area contributed by atoms with E-state index in [9.17, 15) is 4.79 Å². The summed E-state index contributed by atoms with van der Waals surface area (Å²) in [6, 6.07) is 0. The van der Waals surface area contributed by atoms with E-state index < -0.39 is 5.97 Å². The minimum absolute atomic E-state index is 0.0851. The van der Waals surface area contributed by atoms with Gasteiger partial charge in [-0.3, -0.25) is 4.79 Å².